The van der Waals surface area contributed by atoms with Gasteiger partial charge in [-0.3, -0.25) is 18.9 Å². The van der Waals surface area contributed by atoms with E-state index in [1.165, 1.54) is 10.8 Å². The lowest BCUT2D eigenvalue weighted by atomic mass is 10.1. The molecule has 0 amide bonds. The maximum absolute atomic E-state index is 12.5. The smallest absolute Gasteiger partial charge is 0.361 e. The summed E-state index contributed by atoms with van der Waals surface area (Å²) in [6.45, 7) is 1.39. The Labute approximate surface area is 192 Å². The van der Waals surface area contributed by atoms with Crippen molar-refractivity contribution < 1.29 is 18.7 Å². The summed E-state index contributed by atoms with van der Waals surface area (Å²) in [6.07, 6.45) is 2.14. The minimum atomic E-state index is -4.18. The maximum Gasteiger partial charge on any atom is 0.403 e. The summed E-state index contributed by atoms with van der Waals surface area (Å²) in [5.41, 5.74) is 9.98. The van der Waals surface area contributed by atoms with E-state index in [9.17, 15) is 19.0 Å². The molecule has 13 nitrogen and oxygen atoms in total. The summed E-state index contributed by atoms with van der Waals surface area (Å²) < 4.78 is 24.6. The number of azide groups is 1. The molecule has 1 unspecified atom stereocenters. The number of aryl methyl sites for hydroxylation is 1. The molecule has 1 aliphatic rings. The first-order valence-corrected chi connectivity index (χ1v) is 12.1. The number of fused-ring (bicyclic) bond motifs is 1. The highest BCUT2D eigenvalue weighted by Gasteiger charge is 2.38. The van der Waals surface area contributed by atoms with Crippen LogP contribution in [0.4, 0.5) is 0 Å². The molecule has 0 saturated carbocycles. The van der Waals surface area contributed by atoms with Gasteiger partial charge in [0.05, 0.1) is 18.8 Å². The molecule has 0 bridgehead atoms. The topological polar surface area (TPSA) is 187 Å². The lowest BCUT2D eigenvalue weighted by Crippen LogP contribution is -2.33. The van der Waals surface area contributed by atoms with Crippen LogP contribution in [0.1, 0.15) is 23.8 Å². The van der Waals surface area contributed by atoms with Gasteiger partial charge in [-0.25, -0.2) is 14.4 Å². The van der Waals surface area contributed by atoms with Crippen molar-refractivity contribution in [2.45, 2.75) is 38.1 Å². The number of nitrogens with one attached hydrogen (secondary N) is 3. The Morgan fingerprint density at radius 1 is 1.41 bits per heavy atom. The van der Waals surface area contributed by atoms with E-state index in [1.807, 2.05) is 30.5 Å². The normalized spacial score (nSPS) is 21.9. The van der Waals surface area contributed by atoms with Gasteiger partial charge in [-0.2, -0.15) is 0 Å². The molecule has 2 aromatic heterocycles. The van der Waals surface area contributed by atoms with Gasteiger partial charge in [0, 0.05) is 46.7 Å². The Hall–Kier alpha value is -3.18. The number of aromatic nitrogens is 3. The Bertz CT molecular complexity index is 1390. The Morgan fingerprint density at radius 2 is 2.21 bits per heavy atom. The third-order valence-electron chi connectivity index (χ3n) is 5.65. The first-order valence-electron chi connectivity index (χ1n) is 10.6. The Morgan fingerprint density at radius 3 is 3.00 bits per heavy atom. The van der Waals surface area contributed by atoms with E-state index >= 15 is 0 Å². The van der Waals surface area contributed by atoms with Gasteiger partial charge in [-0.05, 0) is 30.5 Å². The molecule has 180 valence electrons. The van der Waals surface area contributed by atoms with Crippen molar-refractivity contribution in [2.75, 3.05) is 13.2 Å². The number of benzene rings is 1. The molecule has 0 radical (unpaired) electrons. The molecule has 1 saturated heterocycles. The molecule has 0 spiro atoms. The molecule has 1 fully saturated rings. The number of rotatable bonds is 9. The van der Waals surface area contributed by atoms with Crippen molar-refractivity contribution in [2.24, 2.45) is 5.11 Å². The van der Waals surface area contributed by atoms with Crippen LogP contribution in [0, 0.1) is 6.92 Å². The minimum Gasteiger partial charge on any atom is -0.361 e. The van der Waals surface area contributed by atoms with Crippen LogP contribution < -0.4 is 16.3 Å². The van der Waals surface area contributed by atoms with Crippen molar-refractivity contribution in [3.63, 3.8) is 0 Å². The third kappa shape index (κ3) is 5.31. The molecule has 0 aliphatic carbocycles. The molecular formula is C20H24N7O6P. The van der Waals surface area contributed by atoms with Gasteiger partial charge in [-0.15, -0.1) is 0 Å². The summed E-state index contributed by atoms with van der Waals surface area (Å²) in [5.74, 6) is 0. The average molecular weight is 489 g/mol. The first kappa shape index (κ1) is 24.0. The quantitative estimate of drug-likeness (QED) is 0.153. The summed E-state index contributed by atoms with van der Waals surface area (Å²) in [5, 5.41) is 7.22. The highest BCUT2D eigenvalue weighted by atomic mass is 31.2. The molecule has 4 atom stereocenters. The fraction of sp³-hybridized carbons (Fsp3) is 0.400. The van der Waals surface area contributed by atoms with Gasteiger partial charge in [0.25, 0.3) is 5.56 Å². The second kappa shape index (κ2) is 9.98. The number of H-pyrrole nitrogens is 2. The summed E-state index contributed by atoms with van der Waals surface area (Å²) in [7, 11) is -4.18. The van der Waals surface area contributed by atoms with E-state index in [4.69, 9.17) is 14.8 Å². The van der Waals surface area contributed by atoms with Crippen LogP contribution in [0.3, 0.4) is 0 Å². The zero-order valence-electron chi connectivity index (χ0n) is 18.2. The Kier molecular flexibility index (Phi) is 7.03. The Balaban J connectivity index is 1.36. The van der Waals surface area contributed by atoms with E-state index in [-0.39, 0.29) is 19.6 Å². The predicted molar refractivity (Wildman–Crippen MR) is 123 cm³/mol. The molecule has 1 aromatic carbocycles. The fourth-order valence-electron chi connectivity index (χ4n) is 3.91. The van der Waals surface area contributed by atoms with Crippen LogP contribution in [-0.4, -0.2) is 44.7 Å². The summed E-state index contributed by atoms with van der Waals surface area (Å²) in [4.78, 5) is 42.1. The molecule has 34 heavy (non-hydrogen) atoms. The molecular weight excluding hydrogens is 465 g/mol. The standard InChI is InChI=1S/C20H24N7O6P/c1-12-10-27(20(29)24-19(12)28)18-8-16(25-26-21)17(33-18)11-32-34(30,31)23-7-6-13-9-22-15-5-3-2-4-14(13)15/h2-5,9-10,16-18,22H,6-8,11H2,1H3,(H2,23,30,31)(H,24,28,29)/t16-,17+,18+/m0/s1. The van der Waals surface area contributed by atoms with Crippen molar-refractivity contribution in [3.8, 4) is 0 Å². The molecule has 14 heteroatoms. The summed E-state index contributed by atoms with van der Waals surface area (Å²) in [6, 6.07) is 7.02. The lowest BCUT2D eigenvalue weighted by molar-refractivity contribution is -0.0243. The number of aromatic amines is 2. The highest BCUT2D eigenvalue weighted by Crippen LogP contribution is 2.39. The van der Waals surface area contributed by atoms with Crippen LogP contribution in [0.5, 0.6) is 0 Å². The third-order valence-corrected chi connectivity index (χ3v) is 6.78. The van der Waals surface area contributed by atoms with E-state index in [0.29, 0.717) is 12.0 Å². The van der Waals surface area contributed by atoms with Gasteiger partial charge >= 0.3 is 13.4 Å². The highest BCUT2D eigenvalue weighted by molar-refractivity contribution is 7.50. The van der Waals surface area contributed by atoms with E-state index < -0.39 is 37.4 Å². The monoisotopic (exact) mass is 489 g/mol. The van der Waals surface area contributed by atoms with Gasteiger partial charge in [0.2, 0.25) is 0 Å². The molecule has 4 N–H and O–H groups in total. The molecule has 4 rings (SSSR count). The van der Waals surface area contributed by atoms with Crippen LogP contribution in [-0.2, 0) is 20.2 Å². The first-order chi connectivity index (χ1) is 16.3. The van der Waals surface area contributed by atoms with E-state index in [2.05, 4.69) is 25.1 Å². The fourth-order valence-corrected chi connectivity index (χ4v) is 4.75. The number of hydrogen-bond donors (Lipinski definition) is 4. The van der Waals surface area contributed by atoms with E-state index in [0.717, 1.165) is 16.5 Å². The van der Waals surface area contributed by atoms with Crippen molar-refractivity contribution in [3.05, 3.63) is 79.1 Å². The summed E-state index contributed by atoms with van der Waals surface area (Å²) >= 11 is 0. The van der Waals surface area contributed by atoms with Crippen molar-refractivity contribution in [1.82, 2.24) is 19.6 Å². The van der Waals surface area contributed by atoms with E-state index in [1.54, 1.807) is 6.92 Å². The lowest BCUT2D eigenvalue weighted by Gasteiger charge is -2.19. The van der Waals surface area contributed by atoms with Gasteiger partial charge < -0.3 is 14.6 Å². The molecule has 1 aliphatic heterocycles. The van der Waals surface area contributed by atoms with Gasteiger partial charge in [0.15, 0.2) is 0 Å². The number of hydrogen-bond acceptors (Lipinski definition) is 6. The number of nitrogens with zero attached hydrogens (tertiary/aromatic N) is 4. The second-order valence-corrected chi connectivity index (χ2v) is 9.56. The second-order valence-electron chi connectivity index (χ2n) is 7.95. The van der Waals surface area contributed by atoms with Crippen molar-refractivity contribution >= 4 is 18.6 Å². The molecule has 3 aromatic rings. The van der Waals surface area contributed by atoms with Crippen LogP contribution in [0.2, 0.25) is 0 Å². The van der Waals surface area contributed by atoms with Crippen molar-refractivity contribution in [1.29, 1.82) is 0 Å². The zero-order chi connectivity index (χ0) is 24.3. The minimum absolute atomic E-state index is 0.132. The van der Waals surface area contributed by atoms with Crippen LogP contribution >= 0.6 is 7.75 Å². The van der Waals surface area contributed by atoms with Gasteiger partial charge in [0.1, 0.15) is 6.23 Å². The predicted octanol–water partition coefficient (Wildman–Crippen LogP) is 2.24. The van der Waals surface area contributed by atoms with Crippen LogP contribution in [0.15, 0.2) is 51.4 Å². The SMILES string of the molecule is Cc1cn([C@H]2C[C@H](N=[N+]=[N-])[C@@H](COP(=O)(O)NCCc3c[nH]c4ccccc34)O2)c(=O)[nH]c1=O. The largest absolute Gasteiger partial charge is 0.403 e. The average Bonchev–Trinajstić information content (AvgIpc) is 3.39. The number of para-hydroxylation sites is 1. The maximum atomic E-state index is 12.5. The number of ether oxygens (including phenoxy) is 1. The zero-order valence-corrected chi connectivity index (χ0v) is 19.1. The van der Waals surface area contributed by atoms with Crippen LogP contribution in [0.25, 0.3) is 21.3 Å². The molecule has 3 heterocycles. The van der Waals surface area contributed by atoms with Gasteiger partial charge in [-0.1, -0.05) is 23.3 Å².